The van der Waals surface area contributed by atoms with Crippen molar-refractivity contribution in [3.05, 3.63) is 53.9 Å². The van der Waals surface area contributed by atoms with Crippen LogP contribution in [0, 0.1) is 0 Å². The van der Waals surface area contributed by atoms with Gasteiger partial charge in [0.1, 0.15) is 0 Å². The van der Waals surface area contributed by atoms with Gasteiger partial charge in [-0.25, -0.2) is 8.42 Å². The summed E-state index contributed by atoms with van der Waals surface area (Å²) in [4.78, 5) is 6.82. The zero-order valence-electron chi connectivity index (χ0n) is 13.3. The van der Waals surface area contributed by atoms with Crippen molar-refractivity contribution in [3.63, 3.8) is 0 Å². The average molecular weight is 328 g/mol. The molecule has 4 rings (SSSR count). The fourth-order valence-electron chi connectivity index (χ4n) is 4.18. The van der Waals surface area contributed by atoms with Gasteiger partial charge in [-0.1, -0.05) is 30.3 Å². The van der Waals surface area contributed by atoms with E-state index >= 15 is 0 Å². The molecule has 1 aromatic carbocycles. The molecule has 1 saturated heterocycles. The summed E-state index contributed by atoms with van der Waals surface area (Å²) in [6.45, 7) is 0. The van der Waals surface area contributed by atoms with Crippen LogP contribution in [0.1, 0.15) is 23.7 Å². The fraction of sp³-hybridized carbons (Fsp3) is 0.389. The molecule has 2 aromatic rings. The Bertz CT molecular complexity index is 849. The molecule has 0 saturated carbocycles. The van der Waals surface area contributed by atoms with Gasteiger partial charge in [-0.15, -0.1) is 0 Å². The normalized spacial score (nSPS) is 27.0. The van der Waals surface area contributed by atoms with Gasteiger partial charge < -0.3 is 0 Å². The van der Waals surface area contributed by atoms with Crippen LogP contribution in [0.3, 0.4) is 0 Å². The largest absolute Gasteiger partial charge is 0.293 e. The molecular weight excluding hydrogens is 308 g/mol. The molecule has 2 bridgehead atoms. The van der Waals surface area contributed by atoms with E-state index in [4.69, 9.17) is 0 Å². The van der Waals surface area contributed by atoms with Crippen LogP contribution in [-0.2, 0) is 16.3 Å². The number of benzene rings is 1. The van der Waals surface area contributed by atoms with Crippen molar-refractivity contribution in [2.24, 2.45) is 0 Å². The Kier molecular flexibility index (Phi) is 3.32. The van der Waals surface area contributed by atoms with E-state index in [2.05, 4.69) is 22.0 Å². The molecule has 0 spiro atoms. The molecule has 120 valence electrons. The number of pyridine rings is 1. The van der Waals surface area contributed by atoms with Gasteiger partial charge in [0.05, 0.1) is 17.0 Å². The Morgan fingerprint density at radius 1 is 1.17 bits per heavy atom. The van der Waals surface area contributed by atoms with Crippen LogP contribution in [0.15, 0.2) is 42.6 Å². The molecule has 3 heterocycles. The van der Waals surface area contributed by atoms with Gasteiger partial charge >= 0.3 is 0 Å². The van der Waals surface area contributed by atoms with Crippen LogP contribution in [-0.4, -0.2) is 42.9 Å². The van der Waals surface area contributed by atoms with Crippen LogP contribution in [0.25, 0.3) is 11.1 Å². The smallest absolute Gasteiger partial charge is 0.151 e. The summed E-state index contributed by atoms with van der Waals surface area (Å²) < 4.78 is 24.4. The summed E-state index contributed by atoms with van der Waals surface area (Å²) in [6, 6.07) is 12.5. The topological polar surface area (TPSA) is 50.3 Å². The third-order valence-corrected chi connectivity index (χ3v) is 6.96. The predicted octanol–water partition coefficient (Wildman–Crippen LogP) is 2.46. The van der Waals surface area contributed by atoms with E-state index in [0.29, 0.717) is 6.42 Å². The van der Waals surface area contributed by atoms with E-state index in [1.807, 2.05) is 37.5 Å². The maximum atomic E-state index is 12.2. The number of rotatable bonds is 2. The SMILES string of the molecule is CN1C2CC(S(C)(=O)=O)C1Cc1c(-c3ccccc3)ccnc12. The second-order valence-corrected chi connectivity index (χ2v) is 8.91. The van der Waals surface area contributed by atoms with Crippen molar-refractivity contribution in [2.45, 2.75) is 30.2 Å². The van der Waals surface area contributed by atoms with Gasteiger partial charge in [0.2, 0.25) is 0 Å². The van der Waals surface area contributed by atoms with E-state index in [1.54, 1.807) is 0 Å². The van der Waals surface area contributed by atoms with E-state index in [1.165, 1.54) is 22.9 Å². The first-order valence-corrected chi connectivity index (χ1v) is 9.86. The molecule has 0 radical (unpaired) electrons. The monoisotopic (exact) mass is 328 g/mol. The van der Waals surface area contributed by atoms with Gasteiger partial charge in [0.15, 0.2) is 9.84 Å². The Hall–Kier alpha value is -1.72. The minimum Gasteiger partial charge on any atom is -0.293 e. The summed E-state index contributed by atoms with van der Waals surface area (Å²) in [5, 5.41) is -0.296. The molecule has 1 fully saturated rings. The number of hydrogen-bond acceptors (Lipinski definition) is 4. The van der Waals surface area contributed by atoms with E-state index in [0.717, 1.165) is 12.1 Å². The molecule has 3 atom stereocenters. The average Bonchev–Trinajstić information content (AvgIpc) is 2.75. The quantitative estimate of drug-likeness (QED) is 0.850. The minimum atomic E-state index is -3.05. The van der Waals surface area contributed by atoms with Crippen molar-refractivity contribution in [1.29, 1.82) is 0 Å². The third kappa shape index (κ3) is 2.30. The zero-order valence-corrected chi connectivity index (χ0v) is 14.1. The van der Waals surface area contributed by atoms with Gasteiger partial charge in [-0.05, 0) is 42.6 Å². The van der Waals surface area contributed by atoms with Gasteiger partial charge in [0, 0.05) is 18.5 Å². The van der Waals surface area contributed by atoms with Crippen LogP contribution < -0.4 is 0 Å². The molecule has 4 nitrogen and oxygen atoms in total. The zero-order chi connectivity index (χ0) is 16.2. The van der Waals surface area contributed by atoms with Crippen LogP contribution in [0.2, 0.25) is 0 Å². The van der Waals surface area contributed by atoms with Crippen molar-refractivity contribution < 1.29 is 8.42 Å². The third-order valence-electron chi connectivity index (χ3n) is 5.35. The molecule has 23 heavy (non-hydrogen) atoms. The maximum Gasteiger partial charge on any atom is 0.151 e. The highest BCUT2D eigenvalue weighted by Crippen LogP contribution is 2.46. The van der Waals surface area contributed by atoms with E-state index in [9.17, 15) is 8.42 Å². The van der Waals surface area contributed by atoms with Crippen LogP contribution in [0.4, 0.5) is 0 Å². The Balaban J connectivity index is 1.85. The Labute approximate surface area is 137 Å². The molecule has 0 N–H and O–H groups in total. The van der Waals surface area contributed by atoms with Crippen molar-refractivity contribution in [2.75, 3.05) is 13.3 Å². The van der Waals surface area contributed by atoms with E-state index < -0.39 is 9.84 Å². The highest BCUT2D eigenvalue weighted by Gasteiger charge is 2.49. The number of fused-ring (bicyclic) bond motifs is 4. The molecule has 3 unspecified atom stereocenters. The van der Waals surface area contributed by atoms with Gasteiger partial charge in [-0.3, -0.25) is 9.88 Å². The number of hydrogen-bond donors (Lipinski definition) is 0. The first-order chi connectivity index (χ1) is 11.0. The van der Waals surface area contributed by atoms with Crippen LogP contribution in [0.5, 0.6) is 0 Å². The highest BCUT2D eigenvalue weighted by atomic mass is 32.2. The minimum absolute atomic E-state index is 0.0502. The highest BCUT2D eigenvalue weighted by molar-refractivity contribution is 7.91. The molecule has 2 aliphatic rings. The molecule has 0 amide bonds. The lowest BCUT2D eigenvalue weighted by atomic mass is 9.91. The van der Waals surface area contributed by atoms with Crippen molar-refractivity contribution >= 4 is 9.84 Å². The Morgan fingerprint density at radius 2 is 1.91 bits per heavy atom. The number of nitrogens with zero attached hydrogens (tertiary/aromatic N) is 2. The summed E-state index contributed by atoms with van der Waals surface area (Å²) in [5.41, 5.74) is 4.63. The second-order valence-electron chi connectivity index (χ2n) is 6.64. The number of aromatic nitrogens is 1. The summed E-state index contributed by atoms with van der Waals surface area (Å²) >= 11 is 0. The molecular formula is C18H20N2O2S. The molecule has 2 aliphatic heterocycles. The fourth-order valence-corrected chi connectivity index (χ4v) is 5.58. The van der Waals surface area contributed by atoms with Crippen LogP contribution >= 0.6 is 0 Å². The second kappa shape index (κ2) is 5.14. The van der Waals surface area contributed by atoms with Crippen molar-refractivity contribution in [1.82, 2.24) is 9.88 Å². The first kappa shape index (κ1) is 14.8. The molecule has 5 heteroatoms. The van der Waals surface area contributed by atoms with Gasteiger partial charge in [-0.2, -0.15) is 0 Å². The lowest BCUT2D eigenvalue weighted by Gasteiger charge is -2.34. The number of sulfone groups is 1. The number of likely N-dealkylation sites (N-methyl/N-ethyl adjacent to an activating group) is 1. The van der Waals surface area contributed by atoms with Crippen molar-refractivity contribution in [3.8, 4) is 11.1 Å². The maximum absolute atomic E-state index is 12.2. The summed E-state index contributed by atoms with van der Waals surface area (Å²) in [6.07, 6.45) is 4.61. The molecule has 1 aromatic heterocycles. The van der Waals surface area contributed by atoms with Gasteiger partial charge in [0.25, 0.3) is 0 Å². The standard InChI is InChI=1S/C18H20N2O2S/c1-20-15-10-14-13(12-6-4-3-5-7-12)8-9-19-18(14)16(20)11-17(15)23(2,21)22/h3-9,15-17H,10-11H2,1-2H3. The first-order valence-electron chi connectivity index (χ1n) is 7.91. The van der Waals surface area contributed by atoms with E-state index in [-0.39, 0.29) is 17.3 Å². The summed E-state index contributed by atoms with van der Waals surface area (Å²) in [5.74, 6) is 0. The Morgan fingerprint density at radius 3 is 2.61 bits per heavy atom. The summed E-state index contributed by atoms with van der Waals surface area (Å²) in [7, 11) is -1.03. The lowest BCUT2D eigenvalue weighted by molar-refractivity contribution is 0.220. The predicted molar refractivity (Wildman–Crippen MR) is 90.9 cm³/mol. The molecule has 0 aliphatic carbocycles. The lowest BCUT2D eigenvalue weighted by Crippen LogP contribution is -2.41.